The lowest BCUT2D eigenvalue weighted by atomic mass is 10.0. The molecule has 1 aliphatic heterocycles. The Morgan fingerprint density at radius 2 is 1.96 bits per heavy atom. The van der Waals surface area contributed by atoms with E-state index in [1.165, 1.54) is 7.11 Å². The van der Waals surface area contributed by atoms with Crippen LogP contribution in [0, 0.1) is 0 Å². The van der Waals surface area contributed by atoms with Crippen LogP contribution in [0.1, 0.15) is 51.5 Å². The first kappa shape index (κ1) is 21.5. The van der Waals surface area contributed by atoms with Crippen LogP contribution in [0.25, 0.3) is 0 Å². The third-order valence-electron chi connectivity index (χ3n) is 4.47. The molecule has 0 saturated carbocycles. The molecule has 1 amide bonds. The molecule has 0 unspecified atom stereocenters. The molecule has 1 saturated heterocycles. The fourth-order valence-corrected chi connectivity index (χ4v) is 3.68. The van der Waals surface area contributed by atoms with E-state index in [0.29, 0.717) is 17.7 Å². The standard InChI is InChI=1S/C19H28BrN3O4/c1-7-13-11-22(12(2)10-23(13)18(25)27-19(3,4)5)15-9-8-14(17(24)26-6)21-16(15)20/h8-9,12-13H,7,10-11H2,1-6H3/t12-,13+/m1/s1. The molecular weight excluding hydrogens is 414 g/mol. The summed E-state index contributed by atoms with van der Waals surface area (Å²) in [6.45, 7) is 11.0. The second kappa shape index (κ2) is 8.46. The molecule has 1 fully saturated rings. The number of hydrogen-bond acceptors (Lipinski definition) is 6. The fourth-order valence-electron chi connectivity index (χ4n) is 3.13. The number of anilines is 1. The number of piperazine rings is 1. The molecule has 8 heteroatoms. The van der Waals surface area contributed by atoms with Crippen LogP contribution in [0.3, 0.4) is 0 Å². The fraction of sp³-hybridized carbons (Fsp3) is 0.632. The van der Waals surface area contributed by atoms with Crippen molar-refractivity contribution in [3.63, 3.8) is 0 Å². The molecule has 0 aliphatic carbocycles. The van der Waals surface area contributed by atoms with Crippen molar-refractivity contribution in [2.45, 2.75) is 58.7 Å². The van der Waals surface area contributed by atoms with Crippen molar-refractivity contribution < 1.29 is 19.1 Å². The monoisotopic (exact) mass is 441 g/mol. The molecule has 2 heterocycles. The predicted molar refractivity (Wildman–Crippen MR) is 107 cm³/mol. The van der Waals surface area contributed by atoms with Crippen molar-refractivity contribution in [2.24, 2.45) is 0 Å². The molecule has 0 radical (unpaired) electrons. The minimum Gasteiger partial charge on any atom is -0.464 e. The average Bonchev–Trinajstić information content (AvgIpc) is 2.59. The van der Waals surface area contributed by atoms with Gasteiger partial charge in [0, 0.05) is 19.1 Å². The number of halogens is 1. The molecule has 1 aromatic heterocycles. The summed E-state index contributed by atoms with van der Waals surface area (Å²) in [7, 11) is 1.33. The number of rotatable bonds is 3. The third-order valence-corrected chi connectivity index (χ3v) is 5.06. The quantitative estimate of drug-likeness (QED) is 0.523. The van der Waals surface area contributed by atoms with Gasteiger partial charge < -0.3 is 19.3 Å². The molecule has 7 nitrogen and oxygen atoms in total. The molecule has 0 N–H and O–H groups in total. The van der Waals surface area contributed by atoms with E-state index in [9.17, 15) is 9.59 Å². The molecule has 1 aromatic rings. The normalized spacial score (nSPS) is 20.4. The zero-order valence-electron chi connectivity index (χ0n) is 16.8. The smallest absolute Gasteiger partial charge is 0.410 e. The summed E-state index contributed by atoms with van der Waals surface area (Å²) in [5, 5.41) is 0. The number of carbonyl (C=O) groups is 2. The molecule has 2 atom stereocenters. The second-order valence-electron chi connectivity index (χ2n) is 7.69. The van der Waals surface area contributed by atoms with Crippen LogP contribution in [-0.2, 0) is 9.47 Å². The van der Waals surface area contributed by atoms with Crippen LogP contribution < -0.4 is 4.90 Å². The molecule has 0 spiro atoms. The molecular formula is C19H28BrN3O4. The summed E-state index contributed by atoms with van der Waals surface area (Å²) in [6.07, 6.45) is 0.535. The maximum Gasteiger partial charge on any atom is 0.410 e. The minimum absolute atomic E-state index is 0.0308. The van der Waals surface area contributed by atoms with Crippen LogP contribution in [0.2, 0.25) is 0 Å². The van der Waals surface area contributed by atoms with Gasteiger partial charge in [0.15, 0.2) is 0 Å². The number of carbonyl (C=O) groups excluding carboxylic acids is 2. The average molecular weight is 442 g/mol. The van der Waals surface area contributed by atoms with E-state index in [1.807, 2.05) is 31.7 Å². The zero-order chi connectivity index (χ0) is 20.4. The summed E-state index contributed by atoms with van der Waals surface area (Å²) in [4.78, 5) is 32.6. The summed E-state index contributed by atoms with van der Waals surface area (Å²) in [5.41, 5.74) is 0.615. The van der Waals surface area contributed by atoms with Gasteiger partial charge in [-0.3, -0.25) is 0 Å². The van der Waals surface area contributed by atoms with Gasteiger partial charge in [0.05, 0.1) is 18.8 Å². The van der Waals surface area contributed by atoms with Gasteiger partial charge in [0.25, 0.3) is 0 Å². The lowest BCUT2D eigenvalue weighted by Gasteiger charge is -2.46. The number of pyridine rings is 1. The molecule has 27 heavy (non-hydrogen) atoms. The predicted octanol–water partition coefficient (Wildman–Crippen LogP) is 3.85. The first-order valence-electron chi connectivity index (χ1n) is 9.08. The molecule has 1 aliphatic rings. The molecule has 2 rings (SSSR count). The third kappa shape index (κ3) is 5.12. The van der Waals surface area contributed by atoms with Gasteiger partial charge in [-0.25, -0.2) is 14.6 Å². The van der Waals surface area contributed by atoms with Gasteiger partial charge in [0.1, 0.15) is 15.9 Å². The van der Waals surface area contributed by atoms with E-state index in [1.54, 1.807) is 6.07 Å². The topological polar surface area (TPSA) is 72.0 Å². The van der Waals surface area contributed by atoms with E-state index in [2.05, 4.69) is 39.7 Å². The van der Waals surface area contributed by atoms with Crippen molar-refractivity contribution in [1.82, 2.24) is 9.88 Å². The summed E-state index contributed by atoms with van der Waals surface area (Å²) in [5.74, 6) is -0.475. The maximum atomic E-state index is 12.6. The second-order valence-corrected chi connectivity index (χ2v) is 8.45. The minimum atomic E-state index is -0.521. The highest BCUT2D eigenvalue weighted by Gasteiger charge is 2.36. The number of nitrogens with zero attached hydrogens (tertiary/aromatic N) is 3. The van der Waals surface area contributed by atoms with Crippen molar-refractivity contribution in [3.8, 4) is 0 Å². The van der Waals surface area contributed by atoms with E-state index in [4.69, 9.17) is 9.47 Å². The number of esters is 1. The van der Waals surface area contributed by atoms with Crippen molar-refractivity contribution in [3.05, 3.63) is 22.4 Å². The summed E-state index contributed by atoms with van der Waals surface area (Å²) >= 11 is 3.47. The number of amides is 1. The number of ether oxygens (including phenoxy) is 2. The van der Waals surface area contributed by atoms with E-state index >= 15 is 0 Å². The van der Waals surface area contributed by atoms with Crippen LogP contribution in [0.15, 0.2) is 16.7 Å². The lowest BCUT2D eigenvalue weighted by Crippen LogP contribution is -2.59. The van der Waals surface area contributed by atoms with Crippen LogP contribution >= 0.6 is 15.9 Å². The highest BCUT2D eigenvalue weighted by atomic mass is 79.9. The number of hydrogen-bond donors (Lipinski definition) is 0. The zero-order valence-corrected chi connectivity index (χ0v) is 18.4. The van der Waals surface area contributed by atoms with Crippen molar-refractivity contribution in [2.75, 3.05) is 25.1 Å². The largest absolute Gasteiger partial charge is 0.464 e. The van der Waals surface area contributed by atoms with Crippen LogP contribution in [0.5, 0.6) is 0 Å². The van der Waals surface area contributed by atoms with Gasteiger partial charge in [-0.1, -0.05) is 6.92 Å². The van der Waals surface area contributed by atoms with Gasteiger partial charge in [0.2, 0.25) is 0 Å². The molecule has 150 valence electrons. The Kier molecular flexibility index (Phi) is 6.72. The molecule has 0 aromatic carbocycles. The SMILES string of the molecule is CC[C@H]1CN(c2ccc(C(=O)OC)nc2Br)[C@H](C)CN1C(=O)OC(C)(C)C. The Morgan fingerprint density at radius 3 is 2.48 bits per heavy atom. The lowest BCUT2D eigenvalue weighted by molar-refractivity contribution is 0.0106. The Morgan fingerprint density at radius 1 is 1.30 bits per heavy atom. The first-order valence-corrected chi connectivity index (χ1v) is 9.87. The Labute approximate surface area is 169 Å². The Hall–Kier alpha value is -1.83. The van der Waals surface area contributed by atoms with Crippen LogP contribution in [-0.4, -0.2) is 59.8 Å². The maximum absolute atomic E-state index is 12.6. The van der Waals surface area contributed by atoms with Gasteiger partial charge in [-0.05, 0) is 62.2 Å². The first-order chi connectivity index (χ1) is 12.6. The van der Waals surface area contributed by atoms with Gasteiger partial charge in [-0.15, -0.1) is 0 Å². The van der Waals surface area contributed by atoms with E-state index in [-0.39, 0.29) is 23.9 Å². The van der Waals surface area contributed by atoms with Crippen LogP contribution in [0.4, 0.5) is 10.5 Å². The number of methoxy groups -OCH3 is 1. The molecule has 0 bridgehead atoms. The highest BCUT2D eigenvalue weighted by Crippen LogP contribution is 2.31. The van der Waals surface area contributed by atoms with Crippen molar-refractivity contribution in [1.29, 1.82) is 0 Å². The summed E-state index contributed by atoms with van der Waals surface area (Å²) in [6, 6.07) is 3.61. The Balaban J connectivity index is 2.22. The number of aromatic nitrogens is 1. The Bertz CT molecular complexity index is 705. The van der Waals surface area contributed by atoms with E-state index in [0.717, 1.165) is 12.1 Å². The van der Waals surface area contributed by atoms with E-state index < -0.39 is 11.6 Å². The van der Waals surface area contributed by atoms with Crippen molar-refractivity contribution >= 4 is 33.7 Å². The van der Waals surface area contributed by atoms with Gasteiger partial charge in [-0.2, -0.15) is 0 Å². The summed E-state index contributed by atoms with van der Waals surface area (Å²) < 4.78 is 10.9. The van der Waals surface area contributed by atoms with Gasteiger partial charge >= 0.3 is 12.1 Å². The highest BCUT2D eigenvalue weighted by molar-refractivity contribution is 9.10.